The van der Waals surface area contributed by atoms with Crippen molar-refractivity contribution in [3.8, 4) is 0 Å². The Balaban J connectivity index is 1.58. The summed E-state index contributed by atoms with van der Waals surface area (Å²) in [6.07, 6.45) is 2.43. The summed E-state index contributed by atoms with van der Waals surface area (Å²) in [5.41, 5.74) is 1.48. The number of hydrogen-bond donors (Lipinski definition) is 1. The molecule has 0 radical (unpaired) electrons. The van der Waals surface area contributed by atoms with E-state index < -0.39 is 0 Å². The number of morpholine rings is 1. The highest BCUT2D eigenvalue weighted by molar-refractivity contribution is 5.80. The summed E-state index contributed by atoms with van der Waals surface area (Å²) in [6, 6.07) is 5.31. The Morgan fingerprint density at radius 3 is 2.77 bits per heavy atom. The van der Waals surface area contributed by atoms with Crippen molar-refractivity contribution in [1.82, 2.24) is 10.2 Å². The van der Waals surface area contributed by atoms with E-state index >= 15 is 0 Å². The van der Waals surface area contributed by atoms with Gasteiger partial charge in [0.15, 0.2) is 5.96 Å². The Bertz CT molecular complexity index is 632. The smallest absolute Gasteiger partial charge is 0.194 e. The number of aliphatic imine (C=N–C) groups is 1. The van der Waals surface area contributed by atoms with E-state index in [-0.39, 0.29) is 18.0 Å². The zero-order valence-electron chi connectivity index (χ0n) is 15.9. The maximum Gasteiger partial charge on any atom is 0.194 e. The number of rotatable bonds is 4. The molecule has 1 N–H and O–H groups in total. The van der Waals surface area contributed by atoms with E-state index in [0.29, 0.717) is 18.8 Å². The van der Waals surface area contributed by atoms with Crippen LogP contribution in [0.5, 0.6) is 0 Å². The summed E-state index contributed by atoms with van der Waals surface area (Å²) in [5.74, 6) is 0.600. The van der Waals surface area contributed by atoms with Gasteiger partial charge in [-0.15, -0.1) is 0 Å². The Hall–Kier alpha value is -1.86. The summed E-state index contributed by atoms with van der Waals surface area (Å²) in [6.45, 7) is 3.57. The predicted molar refractivity (Wildman–Crippen MR) is 101 cm³/mol. The van der Waals surface area contributed by atoms with Crippen LogP contribution in [0.25, 0.3) is 0 Å². The summed E-state index contributed by atoms with van der Waals surface area (Å²) in [7, 11) is 5.44. The summed E-state index contributed by atoms with van der Waals surface area (Å²) in [5, 5.41) is 3.34. The van der Waals surface area contributed by atoms with E-state index in [1.165, 1.54) is 0 Å². The molecule has 26 heavy (non-hydrogen) atoms. The molecule has 2 atom stereocenters. The van der Waals surface area contributed by atoms with E-state index in [9.17, 15) is 4.39 Å². The molecular formula is C19H29FN4O2. The SMILES string of the molecule is CN=C(NCc1ccc(N(C)C)c(F)c1)N1CCOC(C2CCCO2)C1. The highest BCUT2D eigenvalue weighted by atomic mass is 19.1. The van der Waals surface area contributed by atoms with Gasteiger partial charge in [0.25, 0.3) is 0 Å². The highest BCUT2D eigenvalue weighted by Crippen LogP contribution is 2.21. The lowest BCUT2D eigenvalue weighted by molar-refractivity contribution is -0.0817. The third kappa shape index (κ3) is 4.45. The maximum atomic E-state index is 14.1. The van der Waals surface area contributed by atoms with Crippen LogP contribution in [0.1, 0.15) is 18.4 Å². The molecule has 6 nitrogen and oxygen atoms in total. The molecule has 1 aromatic rings. The monoisotopic (exact) mass is 364 g/mol. The number of guanidine groups is 1. The van der Waals surface area contributed by atoms with Crippen molar-refractivity contribution in [2.45, 2.75) is 31.6 Å². The van der Waals surface area contributed by atoms with Crippen LogP contribution in [0, 0.1) is 5.82 Å². The van der Waals surface area contributed by atoms with E-state index in [4.69, 9.17) is 9.47 Å². The van der Waals surface area contributed by atoms with Crippen LogP contribution in [0.2, 0.25) is 0 Å². The number of nitrogens with one attached hydrogen (secondary N) is 1. The molecule has 0 spiro atoms. The van der Waals surface area contributed by atoms with Crippen molar-refractivity contribution in [3.05, 3.63) is 29.6 Å². The van der Waals surface area contributed by atoms with Gasteiger partial charge in [-0.05, 0) is 30.5 Å². The second-order valence-corrected chi connectivity index (χ2v) is 6.99. The molecule has 0 amide bonds. The van der Waals surface area contributed by atoms with Crippen LogP contribution in [-0.2, 0) is 16.0 Å². The molecule has 0 bridgehead atoms. The van der Waals surface area contributed by atoms with Crippen molar-refractivity contribution in [2.24, 2.45) is 4.99 Å². The third-order valence-corrected chi connectivity index (χ3v) is 4.93. The summed E-state index contributed by atoms with van der Waals surface area (Å²) >= 11 is 0. The van der Waals surface area contributed by atoms with E-state index in [0.717, 1.165) is 44.1 Å². The van der Waals surface area contributed by atoms with Crippen molar-refractivity contribution in [3.63, 3.8) is 0 Å². The largest absolute Gasteiger partial charge is 0.375 e. The molecule has 3 rings (SSSR count). The molecule has 144 valence electrons. The molecule has 2 aliphatic rings. The molecule has 0 aromatic heterocycles. The molecule has 2 aliphatic heterocycles. The summed E-state index contributed by atoms with van der Waals surface area (Å²) in [4.78, 5) is 8.35. The average Bonchev–Trinajstić information content (AvgIpc) is 3.17. The van der Waals surface area contributed by atoms with Crippen molar-refractivity contribution < 1.29 is 13.9 Å². The topological polar surface area (TPSA) is 49.3 Å². The molecule has 2 unspecified atom stereocenters. The lowest BCUT2D eigenvalue weighted by Gasteiger charge is -2.37. The standard InChI is InChI=1S/C19H29FN4O2/c1-21-19(22-12-14-6-7-16(23(2)3)15(20)11-14)24-8-10-26-18(13-24)17-5-4-9-25-17/h6-7,11,17-18H,4-5,8-10,12-13H2,1-3H3,(H,21,22). The highest BCUT2D eigenvalue weighted by Gasteiger charge is 2.32. The Morgan fingerprint density at radius 2 is 2.12 bits per heavy atom. The van der Waals surface area contributed by atoms with Crippen LogP contribution in [-0.4, -0.2) is 70.5 Å². The minimum atomic E-state index is -0.214. The number of benzene rings is 1. The zero-order valence-corrected chi connectivity index (χ0v) is 15.9. The number of ether oxygens (including phenoxy) is 2. The fraction of sp³-hybridized carbons (Fsp3) is 0.632. The first kappa shape index (κ1) is 18.9. The predicted octanol–water partition coefficient (Wildman–Crippen LogP) is 1.85. The van der Waals surface area contributed by atoms with Gasteiger partial charge in [-0.3, -0.25) is 4.99 Å². The normalized spacial score (nSPS) is 24.0. The van der Waals surface area contributed by atoms with Crippen molar-refractivity contribution in [2.75, 3.05) is 52.3 Å². The first-order valence-electron chi connectivity index (χ1n) is 9.23. The van der Waals surface area contributed by atoms with E-state index in [1.807, 2.05) is 20.2 Å². The van der Waals surface area contributed by atoms with Crippen molar-refractivity contribution in [1.29, 1.82) is 0 Å². The van der Waals surface area contributed by atoms with Crippen LogP contribution in [0.3, 0.4) is 0 Å². The molecular weight excluding hydrogens is 335 g/mol. The Kier molecular flexibility index (Phi) is 6.32. The fourth-order valence-electron chi connectivity index (χ4n) is 3.52. The van der Waals surface area contributed by atoms with Gasteiger partial charge in [-0.2, -0.15) is 0 Å². The van der Waals surface area contributed by atoms with Crippen LogP contribution in [0.15, 0.2) is 23.2 Å². The molecule has 7 heteroatoms. The van der Waals surface area contributed by atoms with Gasteiger partial charge < -0.3 is 24.6 Å². The molecule has 2 fully saturated rings. The van der Waals surface area contributed by atoms with E-state index in [2.05, 4.69) is 15.2 Å². The molecule has 0 aliphatic carbocycles. The fourth-order valence-corrected chi connectivity index (χ4v) is 3.52. The molecule has 0 saturated carbocycles. The van der Waals surface area contributed by atoms with Crippen molar-refractivity contribution >= 4 is 11.6 Å². The second-order valence-electron chi connectivity index (χ2n) is 6.99. The van der Waals surface area contributed by atoms with Gasteiger partial charge in [-0.1, -0.05) is 6.07 Å². The van der Waals surface area contributed by atoms with Gasteiger partial charge in [0.05, 0.1) is 18.4 Å². The second kappa shape index (κ2) is 8.68. The Morgan fingerprint density at radius 1 is 1.31 bits per heavy atom. The van der Waals surface area contributed by atoms with Gasteiger partial charge in [0, 0.05) is 47.4 Å². The quantitative estimate of drug-likeness (QED) is 0.653. The lowest BCUT2D eigenvalue weighted by Crippen LogP contribution is -2.53. The van der Waals surface area contributed by atoms with Crippen LogP contribution in [0.4, 0.5) is 10.1 Å². The average molecular weight is 364 g/mol. The molecule has 2 saturated heterocycles. The van der Waals surface area contributed by atoms with E-state index in [1.54, 1.807) is 24.1 Å². The third-order valence-electron chi connectivity index (χ3n) is 4.93. The number of nitrogens with zero attached hydrogens (tertiary/aromatic N) is 3. The number of halogens is 1. The lowest BCUT2D eigenvalue weighted by atomic mass is 10.1. The van der Waals surface area contributed by atoms with Crippen LogP contribution < -0.4 is 10.2 Å². The maximum absolute atomic E-state index is 14.1. The van der Waals surface area contributed by atoms with Gasteiger partial charge in [0.2, 0.25) is 0 Å². The minimum Gasteiger partial charge on any atom is -0.375 e. The number of hydrogen-bond acceptors (Lipinski definition) is 4. The first-order valence-corrected chi connectivity index (χ1v) is 9.23. The zero-order chi connectivity index (χ0) is 18.5. The minimum absolute atomic E-state index is 0.0848. The van der Waals surface area contributed by atoms with Gasteiger partial charge in [0.1, 0.15) is 11.9 Å². The molecule has 1 aromatic carbocycles. The van der Waals surface area contributed by atoms with Crippen LogP contribution >= 0.6 is 0 Å². The number of anilines is 1. The first-order chi connectivity index (χ1) is 12.6. The van der Waals surface area contributed by atoms with Gasteiger partial charge >= 0.3 is 0 Å². The summed E-state index contributed by atoms with van der Waals surface area (Å²) < 4.78 is 25.8. The van der Waals surface area contributed by atoms with Gasteiger partial charge in [-0.25, -0.2) is 4.39 Å². The Labute approximate surface area is 155 Å². The molecule has 2 heterocycles.